The van der Waals surface area contributed by atoms with Gasteiger partial charge in [0.1, 0.15) is 5.60 Å². The standard InChI is InChI=1S/C21H24ClN3O3S/c1-21(2,3)28-20(26)25(9-10-27-4)12-14-5-6-17(24-11-14)15-13-29-19-16(22)7-8-23-18(15)19/h5-8,11,13H,9-10,12H2,1-4H3. The number of amides is 1. The van der Waals surface area contributed by atoms with Crippen LogP contribution in [0.15, 0.2) is 36.0 Å². The summed E-state index contributed by atoms with van der Waals surface area (Å²) >= 11 is 7.80. The molecule has 0 spiro atoms. The van der Waals surface area contributed by atoms with Crippen molar-refractivity contribution in [1.29, 1.82) is 0 Å². The summed E-state index contributed by atoms with van der Waals surface area (Å²) in [6.45, 7) is 6.80. The maximum atomic E-state index is 12.5. The smallest absolute Gasteiger partial charge is 0.410 e. The molecule has 0 radical (unpaired) electrons. The Hall–Kier alpha value is -2.22. The first-order valence-electron chi connectivity index (χ1n) is 9.22. The summed E-state index contributed by atoms with van der Waals surface area (Å²) in [5, 5.41) is 2.70. The molecule has 0 bridgehead atoms. The second-order valence-corrected chi connectivity index (χ2v) is 8.85. The highest BCUT2D eigenvalue weighted by molar-refractivity contribution is 7.18. The molecule has 0 atom stereocenters. The molecular weight excluding hydrogens is 410 g/mol. The lowest BCUT2D eigenvalue weighted by atomic mass is 10.1. The SMILES string of the molecule is COCCN(Cc1ccc(-c2csc3c(Cl)ccnc23)nc1)C(=O)OC(C)(C)C. The van der Waals surface area contributed by atoms with Crippen molar-refractivity contribution in [3.63, 3.8) is 0 Å². The Morgan fingerprint density at radius 1 is 1.24 bits per heavy atom. The number of aromatic nitrogens is 2. The van der Waals surface area contributed by atoms with Gasteiger partial charge in [0.25, 0.3) is 0 Å². The van der Waals surface area contributed by atoms with E-state index < -0.39 is 5.60 Å². The number of hydrogen-bond donors (Lipinski definition) is 0. The Morgan fingerprint density at radius 2 is 2.03 bits per heavy atom. The lowest BCUT2D eigenvalue weighted by Crippen LogP contribution is -2.38. The number of fused-ring (bicyclic) bond motifs is 1. The lowest BCUT2D eigenvalue weighted by molar-refractivity contribution is 0.0184. The van der Waals surface area contributed by atoms with E-state index in [0.717, 1.165) is 27.0 Å². The van der Waals surface area contributed by atoms with Crippen molar-refractivity contribution in [2.75, 3.05) is 20.3 Å². The third kappa shape index (κ3) is 5.44. The van der Waals surface area contributed by atoms with Gasteiger partial charge in [0.05, 0.1) is 34.1 Å². The van der Waals surface area contributed by atoms with Crippen LogP contribution in [0, 0.1) is 0 Å². The summed E-state index contributed by atoms with van der Waals surface area (Å²) in [5.74, 6) is 0. The molecule has 6 nitrogen and oxygen atoms in total. The number of thiophene rings is 1. The lowest BCUT2D eigenvalue weighted by Gasteiger charge is -2.27. The van der Waals surface area contributed by atoms with E-state index in [1.165, 1.54) is 0 Å². The van der Waals surface area contributed by atoms with Gasteiger partial charge in [-0.15, -0.1) is 11.3 Å². The fraction of sp³-hybridized carbons (Fsp3) is 0.381. The number of halogens is 1. The van der Waals surface area contributed by atoms with Crippen LogP contribution in [-0.2, 0) is 16.0 Å². The molecule has 3 aromatic rings. The van der Waals surface area contributed by atoms with Crippen LogP contribution in [0.25, 0.3) is 21.5 Å². The highest BCUT2D eigenvalue weighted by Gasteiger charge is 2.22. The topological polar surface area (TPSA) is 64.5 Å². The van der Waals surface area contributed by atoms with Gasteiger partial charge in [-0.25, -0.2) is 4.79 Å². The molecule has 3 heterocycles. The van der Waals surface area contributed by atoms with Crippen molar-refractivity contribution in [3.05, 3.63) is 46.6 Å². The predicted octanol–water partition coefficient (Wildman–Crippen LogP) is 5.40. The van der Waals surface area contributed by atoms with Crippen molar-refractivity contribution in [2.45, 2.75) is 32.9 Å². The highest BCUT2D eigenvalue weighted by atomic mass is 35.5. The largest absolute Gasteiger partial charge is 0.444 e. The molecule has 154 valence electrons. The molecule has 8 heteroatoms. The Kier molecular flexibility index (Phi) is 6.72. The second kappa shape index (κ2) is 9.07. The first kappa shape index (κ1) is 21.5. The molecule has 3 rings (SSSR count). The van der Waals surface area contributed by atoms with Crippen LogP contribution < -0.4 is 0 Å². The van der Waals surface area contributed by atoms with E-state index in [9.17, 15) is 4.79 Å². The van der Waals surface area contributed by atoms with Gasteiger partial charge in [0.15, 0.2) is 0 Å². The van der Waals surface area contributed by atoms with Gasteiger partial charge in [-0.05, 0) is 38.5 Å². The molecule has 0 saturated carbocycles. The van der Waals surface area contributed by atoms with Crippen LogP contribution in [0.2, 0.25) is 5.02 Å². The van der Waals surface area contributed by atoms with E-state index in [1.54, 1.807) is 41.8 Å². The van der Waals surface area contributed by atoms with Crippen LogP contribution in [0.3, 0.4) is 0 Å². The molecule has 0 N–H and O–H groups in total. The maximum Gasteiger partial charge on any atom is 0.410 e. The third-order valence-corrected chi connectivity index (χ3v) is 5.53. The molecule has 1 amide bonds. The van der Waals surface area contributed by atoms with Crippen LogP contribution in [0.5, 0.6) is 0 Å². The van der Waals surface area contributed by atoms with Crippen molar-refractivity contribution in [2.24, 2.45) is 0 Å². The number of carbonyl (C=O) groups is 1. The van der Waals surface area contributed by atoms with Gasteiger partial charge in [0.2, 0.25) is 0 Å². The number of ether oxygens (including phenoxy) is 2. The summed E-state index contributed by atoms with van der Waals surface area (Å²) in [6.07, 6.45) is 3.10. The van der Waals surface area contributed by atoms with E-state index in [-0.39, 0.29) is 6.09 Å². The molecule has 29 heavy (non-hydrogen) atoms. The Labute approximate surface area is 179 Å². The van der Waals surface area contributed by atoms with E-state index >= 15 is 0 Å². The number of nitrogens with zero attached hydrogens (tertiary/aromatic N) is 3. The number of rotatable bonds is 6. The van der Waals surface area contributed by atoms with Crippen molar-refractivity contribution >= 4 is 39.2 Å². The molecule has 0 fully saturated rings. The second-order valence-electron chi connectivity index (χ2n) is 7.57. The molecule has 0 aliphatic heterocycles. The molecule has 0 aromatic carbocycles. The number of methoxy groups -OCH3 is 1. The molecular formula is C21H24ClN3O3S. The normalized spacial score (nSPS) is 11.6. The van der Waals surface area contributed by atoms with Gasteiger partial charge in [-0.1, -0.05) is 17.7 Å². The monoisotopic (exact) mass is 433 g/mol. The van der Waals surface area contributed by atoms with E-state index in [0.29, 0.717) is 24.7 Å². The van der Waals surface area contributed by atoms with E-state index in [2.05, 4.69) is 9.97 Å². The minimum Gasteiger partial charge on any atom is -0.444 e. The van der Waals surface area contributed by atoms with Crippen molar-refractivity contribution < 1.29 is 14.3 Å². The van der Waals surface area contributed by atoms with Crippen LogP contribution >= 0.6 is 22.9 Å². The number of pyridine rings is 2. The molecule has 3 aromatic heterocycles. The average molecular weight is 434 g/mol. The van der Waals surface area contributed by atoms with Gasteiger partial charge in [-0.2, -0.15) is 0 Å². The highest BCUT2D eigenvalue weighted by Crippen LogP contribution is 2.35. The molecule has 0 unspecified atom stereocenters. The zero-order chi connectivity index (χ0) is 21.0. The van der Waals surface area contributed by atoms with Crippen LogP contribution in [-0.4, -0.2) is 46.8 Å². The van der Waals surface area contributed by atoms with Crippen molar-refractivity contribution in [1.82, 2.24) is 14.9 Å². The predicted molar refractivity (Wildman–Crippen MR) is 116 cm³/mol. The van der Waals surface area contributed by atoms with Crippen LogP contribution in [0.1, 0.15) is 26.3 Å². The Bertz CT molecular complexity index is 983. The summed E-state index contributed by atoms with van der Waals surface area (Å²) in [4.78, 5) is 23.2. The molecule has 0 aliphatic carbocycles. The summed E-state index contributed by atoms with van der Waals surface area (Å²) in [5.41, 5.74) is 2.95. The minimum atomic E-state index is -0.557. The summed E-state index contributed by atoms with van der Waals surface area (Å²) in [6, 6.07) is 5.68. The van der Waals surface area contributed by atoms with E-state index in [1.807, 2.05) is 38.3 Å². The first-order chi connectivity index (χ1) is 13.8. The zero-order valence-electron chi connectivity index (χ0n) is 16.9. The average Bonchev–Trinajstić information content (AvgIpc) is 3.10. The maximum absolute atomic E-state index is 12.5. The van der Waals surface area contributed by atoms with Gasteiger partial charge < -0.3 is 14.4 Å². The van der Waals surface area contributed by atoms with E-state index in [4.69, 9.17) is 21.1 Å². The number of hydrogen-bond acceptors (Lipinski definition) is 6. The molecule has 0 aliphatic rings. The quantitative estimate of drug-likeness (QED) is 0.521. The fourth-order valence-electron chi connectivity index (χ4n) is 2.74. The summed E-state index contributed by atoms with van der Waals surface area (Å²) in [7, 11) is 1.61. The van der Waals surface area contributed by atoms with Gasteiger partial charge in [-0.3, -0.25) is 9.97 Å². The zero-order valence-corrected chi connectivity index (χ0v) is 18.5. The minimum absolute atomic E-state index is 0.374. The Morgan fingerprint density at radius 3 is 2.69 bits per heavy atom. The summed E-state index contributed by atoms with van der Waals surface area (Å²) < 4.78 is 11.6. The van der Waals surface area contributed by atoms with Crippen LogP contribution in [0.4, 0.5) is 4.79 Å². The molecule has 0 saturated heterocycles. The first-order valence-corrected chi connectivity index (χ1v) is 10.5. The number of carbonyl (C=O) groups excluding carboxylic acids is 1. The third-order valence-electron chi connectivity index (χ3n) is 4.10. The Balaban J connectivity index is 1.78. The van der Waals surface area contributed by atoms with Gasteiger partial charge in [0, 0.05) is 37.0 Å². The van der Waals surface area contributed by atoms with Gasteiger partial charge >= 0.3 is 6.09 Å². The fourth-order valence-corrected chi connectivity index (χ4v) is 3.95. The van der Waals surface area contributed by atoms with Crippen molar-refractivity contribution in [3.8, 4) is 11.3 Å².